The van der Waals surface area contributed by atoms with Gasteiger partial charge in [0.25, 0.3) is 10.0 Å². The number of aromatic nitrogens is 4. The van der Waals surface area contributed by atoms with Gasteiger partial charge in [-0.05, 0) is 12.1 Å². The Labute approximate surface area is 114 Å². The van der Waals surface area contributed by atoms with Crippen LogP contribution in [0.15, 0.2) is 29.7 Å². The normalized spacial score (nSPS) is 11.4. The minimum Gasteiger partial charge on any atom is -0.478 e. The number of pyridine rings is 1. The fourth-order valence-electron chi connectivity index (χ4n) is 1.36. The molecule has 0 spiro atoms. The Morgan fingerprint density at radius 1 is 1.40 bits per heavy atom. The van der Waals surface area contributed by atoms with Crippen LogP contribution >= 0.6 is 0 Å². The van der Waals surface area contributed by atoms with Crippen LogP contribution in [0.25, 0.3) is 0 Å². The lowest BCUT2D eigenvalue weighted by atomic mass is 10.3. The number of carbonyl (C=O) groups is 1. The fraction of sp³-hybridized carbons (Fsp3) is 0.200. The van der Waals surface area contributed by atoms with Crippen LogP contribution in [-0.2, 0) is 23.6 Å². The lowest BCUT2D eigenvalue weighted by molar-refractivity contribution is 0.0696. The Balaban J connectivity index is 2.11. The molecule has 20 heavy (non-hydrogen) atoms. The molecule has 2 aromatic heterocycles. The molecule has 0 aromatic carbocycles. The Morgan fingerprint density at radius 2 is 2.15 bits per heavy atom. The van der Waals surface area contributed by atoms with Gasteiger partial charge in [0, 0.05) is 13.2 Å². The Kier molecular flexibility index (Phi) is 3.77. The van der Waals surface area contributed by atoms with Gasteiger partial charge in [0.2, 0.25) is 0 Å². The van der Waals surface area contributed by atoms with E-state index < -0.39 is 16.0 Å². The zero-order chi connectivity index (χ0) is 14.8. The predicted octanol–water partition coefficient (Wildman–Crippen LogP) is -0.613. The van der Waals surface area contributed by atoms with E-state index in [-0.39, 0.29) is 17.1 Å². The Morgan fingerprint density at radius 3 is 2.65 bits per heavy atom. The van der Waals surface area contributed by atoms with Gasteiger partial charge in [0.05, 0.1) is 12.1 Å². The molecular weight excluding hydrogens is 286 g/mol. The van der Waals surface area contributed by atoms with E-state index in [4.69, 9.17) is 5.11 Å². The van der Waals surface area contributed by atoms with Crippen molar-refractivity contribution in [3.63, 3.8) is 0 Å². The molecular formula is C10H11N5O4S. The minimum atomic E-state index is -3.83. The number of carboxylic acid groups (broad SMARTS) is 1. The van der Waals surface area contributed by atoms with Crippen molar-refractivity contribution in [3.8, 4) is 0 Å². The van der Waals surface area contributed by atoms with E-state index in [2.05, 4.69) is 19.8 Å². The molecule has 0 saturated carbocycles. The molecule has 10 heteroatoms. The van der Waals surface area contributed by atoms with Crippen LogP contribution in [-0.4, -0.2) is 39.2 Å². The van der Waals surface area contributed by atoms with Crippen molar-refractivity contribution in [3.05, 3.63) is 36.0 Å². The highest BCUT2D eigenvalue weighted by Crippen LogP contribution is 2.07. The molecule has 0 atom stereocenters. The van der Waals surface area contributed by atoms with E-state index in [9.17, 15) is 13.2 Å². The molecule has 2 N–H and O–H groups in total. The van der Waals surface area contributed by atoms with E-state index in [1.165, 1.54) is 17.1 Å². The molecule has 106 valence electrons. The van der Waals surface area contributed by atoms with Gasteiger partial charge in [0.1, 0.15) is 6.33 Å². The summed E-state index contributed by atoms with van der Waals surface area (Å²) in [6, 6.07) is 2.29. The van der Waals surface area contributed by atoms with E-state index in [0.29, 0.717) is 5.82 Å². The summed E-state index contributed by atoms with van der Waals surface area (Å²) in [5.74, 6) is -0.856. The smallest absolute Gasteiger partial charge is 0.337 e. The Hall–Kier alpha value is -2.33. The topological polar surface area (TPSA) is 127 Å². The van der Waals surface area contributed by atoms with E-state index in [1.54, 1.807) is 7.05 Å². The largest absolute Gasteiger partial charge is 0.478 e. The van der Waals surface area contributed by atoms with Crippen molar-refractivity contribution in [2.75, 3.05) is 0 Å². The van der Waals surface area contributed by atoms with Gasteiger partial charge in [-0.2, -0.15) is 5.10 Å². The van der Waals surface area contributed by atoms with Crippen molar-refractivity contribution in [2.45, 2.75) is 11.6 Å². The standard InChI is InChI=1S/C10H11N5O4S/c1-15-6-12-8(14-15)5-13-20(18,19)9-3-2-7(4-11-9)10(16)17/h2-4,6,13H,5H2,1H3,(H,16,17). The van der Waals surface area contributed by atoms with Gasteiger partial charge in [-0.15, -0.1) is 0 Å². The van der Waals surface area contributed by atoms with Crippen LogP contribution in [0.1, 0.15) is 16.2 Å². The average molecular weight is 297 g/mol. The van der Waals surface area contributed by atoms with Crippen molar-refractivity contribution >= 4 is 16.0 Å². The molecule has 0 amide bonds. The van der Waals surface area contributed by atoms with E-state index >= 15 is 0 Å². The summed E-state index contributed by atoms with van der Waals surface area (Å²) in [6.07, 6.45) is 2.43. The fourth-order valence-corrected chi connectivity index (χ4v) is 2.27. The summed E-state index contributed by atoms with van der Waals surface area (Å²) in [6.45, 7) is -0.0778. The first kappa shape index (κ1) is 14.1. The van der Waals surface area contributed by atoms with Crippen LogP contribution in [0.4, 0.5) is 0 Å². The maximum Gasteiger partial charge on any atom is 0.337 e. The summed E-state index contributed by atoms with van der Waals surface area (Å²) < 4.78 is 27.5. The third-order valence-electron chi connectivity index (χ3n) is 2.33. The molecule has 0 aliphatic carbocycles. The third-order valence-corrected chi connectivity index (χ3v) is 3.64. The van der Waals surface area contributed by atoms with Gasteiger partial charge in [-0.1, -0.05) is 0 Å². The van der Waals surface area contributed by atoms with Crippen LogP contribution < -0.4 is 4.72 Å². The predicted molar refractivity (Wildman–Crippen MR) is 66.2 cm³/mol. The SMILES string of the molecule is Cn1cnc(CNS(=O)(=O)c2ccc(C(=O)O)cn2)n1. The molecule has 0 aliphatic rings. The van der Waals surface area contributed by atoms with Crippen molar-refractivity contribution in [2.24, 2.45) is 7.05 Å². The first-order valence-corrected chi connectivity index (χ1v) is 6.90. The molecule has 0 saturated heterocycles. The highest BCUT2D eigenvalue weighted by atomic mass is 32.2. The summed E-state index contributed by atoms with van der Waals surface area (Å²) >= 11 is 0. The molecule has 2 rings (SSSR count). The Bertz CT molecular complexity index is 722. The molecule has 2 heterocycles. The molecule has 0 unspecified atom stereocenters. The van der Waals surface area contributed by atoms with E-state index in [0.717, 1.165) is 12.3 Å². The number of hydrogen-bond donors (Lipinski definition) is 2. The van der Waals surface area contributed by atoms with Crippen LogP contribution in [0.5, 0.6) is 0 Å². The molecule has 2 aromatic rings. The summed E-state index contributed by atoms with van der Waals surface area (Å²) in [5, 5.41) is 12.4. The number of nitrogens with zero attached hydrogens (tertiary/aromatic N) is 4. The lowest BCUT2D eigenvalue weighted by Crippen LogP contribution is -2.25. The second-order valence-corrected chi connectivity index (χ2v) is 5.56. The van der Waals surface area contributed by atoms with Crippen molar-refractivity contribution in [1.82, 2.24) is 24.5 Å². The third kappa shape index (κ3) is 3.16. The van der Waals surface area contributed by atoms with Crippen LogP contribution in [0.2, 0.25) is 0 Å². The number of aromatic carboxylic acids is 1. The minimum absolute atomic E-state index is 0.0778. The number of hydrogen-bond acceptors (Lipinski definition) is 6. The maximum absolute atomic E-state index is 11.9. The molecule has 0 aliphatic heterocycles. The van der Waals surface area contributed by atoms with Crippen LogP contribution in [0, 0.1) is 0 Å². The first-order chi connectivity index (χ1) is 9.38. The number of carboxylic acids is 1. The van der Waals surface area contributed by atoms with Gasteiger partial charge >= 0.3 is 5.97 Å². The molecule has 0 bridgehead atoms. The van der Waals surface area contributed by atoms with Gasteiger partial charge in [0.15, 0.2) is 10.9 Å². The molecule has 9 nitrogen and oxygen atoms in total. The van der Waals surface area contributed by atoms with Gasteiger partial charge < -0.3 is 5.11 Å². The summed E-state index contributed by atoms with van der Waals surface area (Å²) in [5.41, 5.74) is -0.0876. The zero-order valence-corrected chi connectivity index (χ0v) is 11.2. The number of rotatable bonds is 5. The zero-order valence-electron chi connectivity index (χ0n) is 10.4. The number of nitrogens with one attached hydrogen (secondary N) is 1. The number of aryl methyl sites for hydroxylation is 1. The molecule has 0 fully saturated rings. The lowest BCUT2D eigenvalue weighted by Gasteiger charge is -2.04. The molecule has 0 radical (unpaired) electrons. The quantitative estimate of drug-likeness (QED) is 0.753. The summed E-state index contributed by atoms with van der Waals surface area (Å²) in [4.78, 5) is 18.1. The second-order valence-electron chi connectivity index (χ2n) is 3.85. The number of sulfonamides is 1. The van der Waals surface area contributed by atoms with Crippen LogP contribution in [0.3, 0.4) is 0 Å². The highest BCUT2D eigenvalue weighted by molar-refractivity contribution is 7.89. The van der Waals surface area contributed by atoms with E-state index in [1.807, 2.05) is 0 Å². The van der Waals surface area contributed by atoms with Gasteiger partial charge in [-0.25, -0.2) is 27.9 Å². The summed E-state index contributed by atoms with van der Waals surface area (Å²) in [7, 11) is -2.17. The highest BCUT2D eigenvalue weighted by Gasteiger charge is 2.17. The second kappa shape index (κ2) is 5.35. The maximum atomic E-state index is 11.9. The van der Waals surface area contributed by atoms with Crippen molar-refractivity contribution in [1.29, 1.82) is 0 Å². The van der Waals surface area contributed by atoms with Crippen molar-refractivity contribution < 1.29 is 18.3 Å². The monoisotopic (exact) mass is 297 g/mol. The average Bonchev–Trinajstić information content (AvgIpc) is 2.82. The first-order valence-electron chi connectivity index (χ1n) is 5.42. The van der Waals surface area contributed by atoms with Gasteiger partial charge in [-0.3, -0.25) is 4.68 Å².